The maximum absolute atomic E-state index is 12.3. The predicted octanol–water partition coefficient (Wildman–Crippen LogP) is 3.82. The molecule has 1 heterocycles. The molecule has 2 rings (SSSR count). The summed E-state index contributed by atoms with van der Waals surface area (Å²) < 4.78 is 27.4. The molecule has 1 aromatic heterocycles. The zero-order valence-corrected chi connectivity index (χ0v) is 14.1. The second-order valence-corrected chi connectivity index (χ2v) is 7.19. The molecular formula is C12H6BrCl2N3O2S. The number of hydrogen-bond donors (Lipinski definition) is 1. The van der Waals surface area contributed by atoms with E-state index in [9.17, 15) is 8.42 Å². The van der Waals surface area contributed by atoms with Crippen LogP contribution in [0.5, 0.6) is 0 Å². The Labute approximate surface area is 139 Å². The summed E-state index contributed by atoms with van der Waals surface area (Å²) in [6, 6.07) is 7.45. The number of nitrogens with zero attached hydrogens (tertiary/aromatic N) is 2. The molecule has 1 aromatic carbocycles. The van der Waals surface area contributed by atoms with E-state index in [0.717, 1.165) is 0 Å². The lowest BCUT2D eigenvalue weighted by Crippen LogP contribution is -2.14. The van der Waals surface area contributed by atoms with E-state index >= 15 is 0 Å². The van der Waals surface area contributed by atoms with E-state index in [1.165, 1.54) is 30.5 Å². The SMILES string of the molecule is N#Cc1ccc(NS(=O)(=O)c2cc(Br)cnc2Cl)c(Cl)c1. The molecule has 0 spiro atoms. The molecule has 108 valence electrons. The number of sulfonamides is 1. The van der Waals surface area contributed by atoms with E-state index in [1.54, 1.807) is 0 Å². The van der Waals surface area contributed by atoms with Gasteiger partial charge in [-0.1, -0.05) is 23.2 Å². The second-order valence-electron chi connectivity index (χ2n) is 3.85. The monoisotopic (exact) mass is 405 g/mol. The molecule has 1 N–H and O–H groups in total. The van der Waals surface area contributed by atoms with Crippen LogP contribution in [0, 0.1) is 11.3 Å². The maximum Gasteiger partial charge on any atom is 0.265 e. The molecule has 9 heteroatoms. The molecular weight excluding hydrogens is 401 g/mol. The van der Waals surface area contributed by atoms with Crippen LogP contribution in [0.25, 0.3) is 0 Å². The van der Waals surface area contributed by atoms with Crippen molar-refractivity contribution >= 4 is 54.8 Å². The molecule has 0 amide bonds. The Morgan fingerprint density at radius 1 is 1.29 bits per heavy atom. The van der Waals surface area contributed by atoms with Gasteiger partial charge < -0.3 is 0 Å². The number of pyridine rings is 1. The van der Waals surface area contributed by atoms with Crippen molar-refractivity contribution in [3.8, 4) is 6.07 Å². The quantitative estimate of drug-likeness (QED) is 0.785. The molecule has 0 aliphatic carbocycles. The number of hydrogen-bond acceptors (Lipinski definition) is 4. The average molecular weight is 407 g/mol. The largest absolute Gasteiger partial charge is 0.278 e. The fourth-order valence-electron chi connectivity index (χ4n) is 1.46. The van der Waals surface area contributed by atoms with E-state index < -0.39 is 10.0 Å². The third-order valence-corrected chi connectivity index (χ3v) is 4.94. The van der Waals surface area contributed by atoms with Gasteiger partial charge >= 0.3 is 0 Å². The van der Waals surface area contributed by atoms with Crippen LogP contribution in [-0.4, -0.2) is 13.4 Å². The lowest BCUT2D eigenvalue weighted by atomic mass is 10.2. The molecule has 0 saturated carbocycles. The van der Waals surface area contributed by atoms with Crippen molar-refractivity contribution in [1.82, 2.24) is 4.98 Å². The Hall–Kier alpha value is -1.33. The highest BCUT2D eigenvalue weighted by atomic mass is 79.9. The van der Waals surface area contributed by atoms with Gasteiger partial charge in [0, 0.05) is 10.7 Å². The van der Waals surface area contributed by atoms with Crippen LogP contribution in [0.1, 0.15) is 5.56 Å². The molecule has 5 nitrogen and oxygen atoms in total. The molecule has 0 fully saturated rings. The lowest BCUT2D eigenvalue weighted by Gasteiger charge is -2.10. The maximum atomic E-state index is 12.3. The van der Waals surface area contributed by atoms with E-state index in [2.05, 4.69) is 25.6 Å². The first-order valence-electron chi connectivity index (χ1n) is 5.37. The molecule has 0 atom stereocenters. The van der Waals surface area contributed by atoms with Gasteiger partial charge in [-0.25, -0.2) is 13.4 Å². The third kappa shape index (κ3) is 3.66. The number of halogens is 3. The van der Waals surface area contributed by atoms with Gasteiger partial charge in [-0.2, -0.15) is 5.26 Å². The molecule has 0 unspecified atom stereocenters. The summed E-state index contributed by atoms with van der Waals surface area (Å²) in [5, 5.41) is 8.70. The topological polar surface area (TPSA) is 82.9 Å². The van der Waals surface area contributed by atoms with Gasteiger partial charge in [-0.05, 0) is 40.2 Å². The van der Waals surface area contributed by atoms with Crippen LogP contribution in [0.15, 0.2) is 39.8 Å². The first-order chi connectivity index (χ1) is 9.83. The molecule has 2 aromatic rings. The zero-order chi connectivity index (χ0) is 15.6. The van der Waals surface area contributed by atoms with Crippen LogP contribution in [0.3, 0.4) is 0 Å². The Balaban J connectivity index is 2.43. The van der Waals surface area contributed by atoms with Crippen molar-refractivity contribution in [2.24, 2.45) is 0 Å². The summed E-state index contributed by atoms with van der Waals surface area (Å²) in [5.41, 5.74) is 0.469. The first-order valence-corrected chi connectivity index (χ1v) is 8.40. The first kappa shape index (κ1) is 16.0. The van der Waals surface area contributed by atoms with Gasteiger partial charge in [0.05, 0.1) is 22.3 Å². The highest BCUT2D eigenvalue weighted by molar-refractivity contribution is 9.10. The van der Waals surface area contributed by atoms with E-state index in [0.29, 0.717) is 10.0 Å². The summed E-state index contributed by atoms with van der Waals surface area (Å²) in [7, 11) is -3.95. The number of rotatable bonds is 3. The van der Waals surface area contributed by atoms with E-state index in [-0.39, 0.29) is 20.8 Å². The number of benzene rings is 1. The summed E-state index contributed by atoms with van der Waals surface area (Å²) in [6.07, 6.45) is 1.38. The van der Waals surface area contributed by atoms with Crippen molar-refractivity contribution in [1.29, 1.82) is 5.26 Å². The smallest absolute Gasteiger partial charge is 0.265 e. The van der Waals surface area contributed by atoms with Crippen LogP contribution < -0.4 is 4.72 Å². The summed E-state index contributed by atoms with van der Waals surface area (Å²) in [4.78, 5) is 3.58. The molecule has 0 radical (unpaired) electrons. The standard InChI is InChI=1S/C12H6BrCl2N3O2S/c13-8-4-11(12(15)17-6-8)21(19,20)18-10-2-1-7(5-16)3-9(10)14/h1-4,6,18H. The van der Waals surface area contributed by atoms with Gasteiger partial charge in [0.2, 0.25) is 0 Å². The Morgan fingerprint density at radius 2 is 2.00 bits per heavy atom. The van der Waals surface area contributed by atoms with Crippen molar-refractivity contribution in [2.45, 2.75) is 4.90 Å². The minimum atomic E-state index is -3.95. The minimum Gasteiger partial charge on any atom is -0.278 e. The van der Waals surface area contributed by atoms with Crippen LogP contribution >= 0.6 is 39.1 Å². The third-order valence-electron chi connectivity index (χ3n) is 2.41. The van der Waals surface area contributed by atoms with Crippen molar-refractivity contribution in [2.75, 3.05) is 4.72 Å². The molecule has 0 aliphatic rings. The second kappa shape index (κ2) is 6.20. The lowest BCUT2D eigenvalue weighted by molar-refractivity contribution is 0.601. The van der Waals surface area contributed by atoms with Crippen LogP contribution in [0.4, 0.5) is 5.69 Å². The Bertz CT molecular complexity index is 850. The highest BCUT2D eigenvalue weighted by Gasteiger charge is 2.20. The van der Waals surface area contributed by atoms with Crippen LogP contribution in [0.2, 0.25) is 10.2 Å². The predicted molar refractivity (Wildman–Crippen MR) is 83.9 cm³/mol. The van der Waals surface area contributed by atoms with E-state index in [4.69, 9.17) is 28.5 Å². The van der Waals surface area contributed by atoms with Crippen LogP contribution in [-0.2, 0) is 10.0 Å². The van der Waals surface area contributed by atoms with Gasteiger partial charge in [0.25, 0.3) is 10.0 Å². The summed E-state index contributed by atoms with van der Waals surface area (Å²) in [5.74, 6) is 0. The summed E-state index contributed by atoms with van der Waals surface area (Å²) in [6.45, 7) is 0. The molecule has 0 bridgehead atoms. The molecule has 0 saturated heterocycles. The number of nitriles is 1. The fourth-order valence-corrected chi connectivity index (χ4v) is 3.77. The van der Waals surface area contributed by atoms with Crippen molar-refractivity contribution in [3.63, 3.8) is 0 Å². The summed E-state index contributed by atoms with van der Waals surface area (Å²) >= 11 is 14.9. The fraction of sp³-hybridized carbons (Fsp3) is 0. The minimum absolute atomic E-state index is 0.108. The van der Waals surface area contributed by atoms with Gasteiger partial charge in [0.15, 0.2) is 0 Å². The highest BCUT2D eigenvalue weighted by Crippen LogP contribution is 2.28. The number of nitrogens with one attached hydrogen (secondary N) is 1. The Morgan fingerprint density at radius 3 is 2.62 bits per heavy atom. The Kier molecular flexibility index (Phi) is 4.74. The number of anilines is 1. The molecule has 21 heavy (non-hydrogen) atoms. The van der Waals surface area contributed by atoms with Crippen molar-refractivity contribution < 1.29 is 8.42 Å². The average Bonchev–Trinajstić information content (AvgIpc) is 2.43. The zero-order valence-electron chi connectivity index (χ0n) is 10.1. The van der Waals surface area contributed by atoms with Gasteiger partial charge in [0.1, 0.15) is 10.0 Å². The number of aromatic nitrogens is 1. The van der Waals surface area contributed by atoms with Crippen molar-refractivity contribution in [3.05, 3.63) is 50.7 Å². The molecule has 0 aliphatic heterocycles. The van der Waals surface area contributed by atoms with Gasteiger partial charge in [-0.15, -0.1) is 0 Å². The van der Waals surface area contributed by atoms with E-state index in [1.807, 2.05) is 6.07 Å². The van der Waals surface area contributed by atoms with Gasteiger partial charge in [-0.3, -0.25) is 4.72 Å². The normalized spacial score (nSPS) is 11.0.